The van der Waals surface area contributed by atoms with Crippen molar-refractivity contribution in [3.8, 4) is 0 Å². The highest BCUT2D eigenvalue weighted by atomic mass is 16.7. The molecule has 2 aromatic carbocycles. The summed E-state index contributed by atoms with van der Waals surface area (Å²) in [4.78, 5) is 36.7. The molecule has 0 N–H and O–H groups in total. The van der Waals surface area contributed by atoms with Crippen LogP contribution in [0.25, 0.3) is 10.8 Å². The average Bonchev–Trinajstić information content (AvgIpc) is 2.68. The van der Waals surface area contributed by atoms with Gasteiger partial charge in [-0.15, -0.1) is 0 Å². The normalized spacial score (nSPS) is 17.4. The van der Waals surface area contributed by atoms with Crippen molar-refractivity contribution in [1.82, 2.24) is 0 Å². The van der Waals surface area contributed by atoms with Crippen molar-refractivity contribution in [3.05, 3.63) is 60.2 Å². The quantitative estimate of drug-likeness (QED) is 0.401. The first-order valence-electron chi connectivity index (χ1n) is 9.71. The van der Waals surface area contributed by atoms with Crippen LogP contribution in [0.4, 0.5) is 4.79 Å². The second kappa shape index (κ2) is 8.98. The Morgan fingerprint density at radius 1 is 1.07 bits per heavy atom. The summed E-state index contributed by atoms with van der Waals surface area (Å²) in [6, 6.07) is 13.5. The standard InChI is InChI=1S/C23H24O7/c1-4-27-22(26)28-13-7-10-18(19-20(24)29-23(2,3)30-21(19)25)17-12-11-15-8-5-6-9-16(15)14-17/h5-12,14,18-19H,4,13H2,1-3H3/b10-7+. The Hall–Kier alpha value is -3.35. The number of carbonyl (C=O) groups is 3. The largest absolute Gasteiger partial charge is 0.508 e. The first-order valence-corrected chi connectivity index (χ1v) is 9.71. The molecule has 1 aliphatic heterocycles. The van der Waals surface area contributed by atoms with Crippen LogP contribution in [0.5, 0.6) is 0 Å². The molecule has 1 saturated heterocycles. The van der Waals surface area contributed by atoms with E-state index in [0.29, 0.717) is 0 Å². The number of ether oxygens (including phenoxy) is 4. The van der Waals surface area contributed by atoms with Crippen molar-refractivity contribution in [1.29, 1.82) is 0 Å². The molecule has 30 heavy (non-hydrogen) atoms. The number of cyclic esters (lactones) is 2. The summed E-state index contributed by atoms with van der Waals surface area (Å²) in [7, 11) is 0. The number of carbonyl (C=O) groups excluding carboxylic acids is 3. The lowest BCUT2D eigenvalue weighted by Crippen LogP contribution is -2.48. The second-order valence-corrected chi connectivity index (χ2v) is 7.27. The highest BCUT2D eigenvalue weighted by molar-refractivity contribution is 5.98. The maximum atomic E-state index is 12.7. The molecule has 0 aliphatic carbocycles. The zero-order chi connectivity index (χ0) is 21.7. The van der Waals surface area contributed by atoms with Gasteiger partial charge in [-0.2, -0.15) is 0 Å². The van der Waals surface area contributed by atoms with Crippen LogP contribution in [0.15, 0.2) is 54.6 Å². The lowest BCUT2D eigenvalue weighted by Gasteiger charge is -2.35. The van der Waals surface area contributed by atoms with Crippen LogP contribution >= 0.6 is 0 Å². The van der Waals surface area contributed by atoms with Crippen LogP contribution in [-0.2, 0) is 28.5 Å². The smallest absolute Gasteiger partial charge is 0.435 e. The van der Waals surface area contributed by atoms with E-state index in [2.05, 4.69) is 0 Å². The molecular weight excluding hydrogens is 388 g/mol. The monoisotopic (exact) mass is 412 g/mol. The van der Waals surface area contributed by atoms with Gasteiger partial charge in [0.25, 0.3) is 5.79 Å². The number of benzene rings is 2. The summed E-state index contributed by atoms with van der Waals surface area (Å²) >= 11 is 0. The first-order chi connectivity index (χ1) is 14.3. The third kappa shape index (κ3) is 4.97. The molecule has 1 atom stereocenters. The molecule has 2 aromatic rings. The number of fused-ring (bicyclic) bond motifs is 1. The predicted molar refractivity (Wildman–Crippen MR) is 109 cm³/mol. The summed E-state index contributed by atoms with van der Waals surface area (Å²) in [6.45, 7) is 4.83. The zero-order valence-corrected chi connectivity index (χ0v) is 17.1. The molecule has 1 aliphatic rings. The van der Waals surface area contributed by atoms with Crippen LogP contribution in [0, 0.1) is 5.92 Å². The van der Waals surface area contributed by atoms with Gasteiger partial charge in [0.2, 0.25) is 0 Å². The second-order valence-electron chi connectivity index (χ2n) is 7.27. The van der Waals surface area contributed by atoms with E-state index in [0.717, 1.165) is 16.3 Å². The van der Waals surface area contributed by atoms with Crippen LogP contribution in [0.3, 0.4) is 0 Å². The minimum absolute atomic E-state index is 0.0643. The van der Waals surface area contributed by atoms with E-state index in [-0.39, 0.29) is 13.2 Å². The summed E-state index contributed by atoms with van der Waals surface area (Å²) in [5.74, 6) is -4.46. The SMILES string of the molecule is CCOC(=O)OC/C=C/C(c1ccc2ccccc2c1)C1C(=O)OC(C)(C)OC1=O. The Balaban J connectivity index is 1.90. The number of rotatable bonds is 6. The van der Waals surface area contributed by atoms with Gasteiger partial charge in [0.15, 0.2) is 5.92 Å². The van der Waals surface area contributed by atoms with E-state index in [1.165, 1.54) is 13.8 Å². The van der Waals surface area contributed by atoms with E-state index >= 15 is 0 Å². The minimum Gasteiger partial charge on any atom is -0.435 e. The third-order valence-corrected chi connectivity index (χ3v) is 4.62. The molecule has 7 heteroatoms. The van der Waals surface area contributed by atoms with Crippen molar-refractivity contribution in [2.45, 2.75) is 32.5 Å². The summed E-state index contributed by atoms with van der Waals surface area (Å²) in [5.41, 5.74) is 0.736. The fraction of sp³-hybridized carbons (Fsp3) is 0.348. The van der Waals surface area contributed by atoms with Gasteiger partial charge in [0.05, 0.1) is 6.61 Å². The average molecular weight is 412 g/mol. The molecule has 0 bridgehead atoms. The third-order valence-electron chi connectivity index (χ3n) is 4.62. The molecule has 158 valence electrons. The van der Waals surface area contributed by atoms with Crippen molar-refractivity contribution < 1.29 is 33.3 Å². The van der Waals surface area contributed by atoms with E-state index in [9.17, 15) is 14.4 Å². The Morgan fingerprint density at radius 2 is 1.73 bits per heavy atom. The van der Waals surface area contributed by atoms with Crippen LogP contribution in [-0.4, -0.2) is 37.1 Å². The van der Waals surface area contributed by atoms with Crippen molar-refractivity contribution >= 4 is 28.9 Å². The van der Waals surface area contributed by atoms with Crippen LogP contribution in [0.2, 0.25) is 0 Å². The summed E-state index contributed by atoms with van der Waals surface area (Å²) in [5, 5.41) is 2.00. The van der Waals surface area contributed by atoms with Crippen molar-refractivity contribution in [3.63, 3.8) is 0 Å². The Morgan fingerprint density at radius 3 is 2.40 bits per heavy atom. The topological polar surface area (TPSA) is 88.1 Å². The number of hydrogen-bond acceptors (Lipinski definition) is 7. The van der Waals surface area contributed by atoms with Gasteiger partial charge in [0, 0.05) is 19.8 Å². The van der Waals surface area contributed by atoms with Gasteiger partial charge >= 0.3 is 18.1 Å². The molecule has 0 radical (unpaired) electrons. The van der Waals surface area contributed by atoms with E-state index in [4.69, 9.17) is 18.9 Å². The molecule has 1 heterocycles. The molecule has 1 unspecified atom stereocenters. The van der Waals surface area contributed by atoms with Crippen LogP contribution < -0.4 is 0 Å². The number of allylic oxidation sites excluding steroid dienone is 1. The predicted octanol–water partition coefficient (Wildman–Crippen LogP) is 4.11. The van der Waals surface area contributed by atoms with Gasteiger partial charge in [-0.3, -0.25) is 9.59 Å². The molecule has 0 amide bonds. The Labute approximate surface area is 174 Å². The molecule has 3 rings (SSSR count). The molecular formula is C23H24O7. The lowest BCUT2D eigenvalue weighted by atomic mass is 9.84. The highest BCUT2D eigenvalue weighted by Gasteiger charge is 2.46. The van der Waals surface area contributed by atoms with E-state index < -0.39 is 35.7 Å². The molecule has 1 fully saturated rings. The summed E-state index contributed by atoms with van der Waals surface area (Å²) < 4.78 is 20.2. The van der Waals surface area contributed by atoms with Crippen LogP contribution in [0.1, 0.15) is 32.3 Å². The van der Waals surface area contributed by atoms with Gasteiger partial charge in [-0.05, 0) is 23.3 Å². The maximum absolute atomic E-state index is 12.7. The van der Waals surface area contributed by atoms with Gasteiger partial charge in [-0.25, -0.2) is 4.79 Å². The van der Waals surface area contributed by atoms with Crippen molar-refractivity contribution in [2.24, 2.45) is 5.92 Å². The number of hydrogen-bond donors (Lipinski definition) is 0. The fourth-order valence-corrected chi connectivity index (χ4v) is 3.33. The highest BCUT2D eigenvalue weighted by Crippen LogP contribution is 2.35. The van der Waals surface area contributed by atoms with Gasteiger partial charge < -0.3 is 18.9 Å². The van der Waals surface area contributed by atoms with Gasteiger partial charge in [-0.1, -0.05) is 54.6 Å². The molecule has 0 aromatic heterocycles. The summed E-state index contributed by atoms with van der Waals surface area (Å²) in [6.07, 6.45) is 2.42. The lowest BCUT2D eigenvalue weighted by molar-refractivity contribution is -0.240. The fourth-order valence-electron chi connectivity index (χ4n) is 3.33. The van der Waals surface area contributed by atoms with Gasteiger partial charge in [0.1, 0.15) is 6.61 Å². The molecule has 0 spiro atoms. The first kappa shape index (κ1) is 21.4. The molecule has 0 saturated carbocycles. The molecule has 7 nitrogen and oxygen atoms in total. The zero-order valence-electron chi connectivity index (χ0n) is 17.1. The minimum atomic E-state index is -1.31. The van der Waals surface area contributed by atoms with E-state index in [1.54, 1.807) is 19.1 Å². The van der Waals surface area contributed by atoms with Crippen molar-refractivity contribution in [2.75, 3.05) is 13.2 Å². The number of esters is 2. The Kier molecular flexibility index (Phi) is 6.40. The maximum Gasteiger partial charge on any atom is 0.508 e. The van der Waals surface area contributed by atoms with E-state index in [1.807, 2.05) is 42.5 Å². The Bertz CT molecular complexity index is 956.